The van der Waals surface area contributed by atoms with Crippen molar-refractivity contribution in [2.75, 3.05) is 27.3 Å². The van der Waals surface area contributed by atoms with E-state index >= 15 is 0 Å². The molecule has 2 unspecified atom stereocenters. The SMILES string of the molecule is CCCN1CCC(C(OC(C)=O)c2ccc3c(c2)c(Cc2ccc(C(=O)OC)cc2OC)cn3C)C1=O. The van der Waals surface area contributed by atoms with E-state index in [0.29, 0.717) is 37.2 Å². The zero-order valence-corrected chi connectivity index (χ0v) is 22.1. The van der Waals surface area contributed by atoms with Crippen molar-refractivity contribution in [1.29, 1.82) is 0 Å². The Bertz CT molecular complexity index is 1330. The summed E-state index contributed by atoms with van der Waals surface area (Å²) >= 11 is 0. The van der Waals surface area contributed by atoms with Crippen molar-refractivity contribution in [2.24, 2.45) is 13.0 Å². The first-order valence-corrected chi connectivity index (χ1v) is 12.6. The normalized spacial score (nSPS) is 16.2. The lowest BCUT2D eigenvalue weighted by molar-refractivity contribution is -0.152. The van der Waals surface area contributed by atoms with Crippen LogP contribution in [0.2, 0.25) is 0 Å². The van der Waals surface area contributed by atoms with E-state index in [-0.39, 0.29) is 5.91 Å². The van der Waals surface area contributed by atoms with Gasteiger partial charge in [-0.05, 0) is 53.8 Å². The second-order valence-corrected chi connectivity index (χ2v) is 9.49. The Morgan fingerprint density at radius 3 is 2.57 bits per heavy atom. The highest BCUT2D eigenvalue weighted by Crippen LogP contribution is 2.37. The minimum Gasteiger partial charge on any atom is -0.496 e. The first-order chi connectivity index (χ1) is 17.8. The van der Waals surface area contributed by atoms with E-state index in [1.54, 1.807) is 19.2 Å². The van der Waals surface area contributed by atoms with E-state index in [1.165, 1.54) is 14.0 Å². The average Bonchev–Trinajstić information content (AvgIpc) is 3.41. The number of hydrogen-bond donors (Lipinski definition) is 0. The number of rotatable bonds is 9. The summed E-state index contributed by atoms with van der Waals surface area (Å²) < 4.78 is 18.2. The summed E-state index contributed by atoms with van der Waals surface area (Å²) in [6, 6.07) is 11.3. The molecule has 2 aromatic carbocycles. The van der Waals surface area contributed by atoms with Crippen LogP contribution in [0.4, 0.5) is 0 Å². The van der Waals surface area contributed by atoms with Crippen LogP contribution in [0, 0.1) is 5.92 Å². The molecule has 4 rings (SSSR count). The third-order valence-corrected chi connectivity index (χ3v) is 7.00. The Morgan fingerprint density at radius 2 is 1.89 bits per heavy atom. The molecule has 1 saturated heterocycles. The Labute approximate surface area is 217 Å². The fraction of sp³-hybridized carbons (Fsp3) is 0.414. The second kappa shape index (κ2) is 11.1. The predicted octanol–water partition coefficient (Wildman–Crippen LogP) is 4.43. The number of aromatic nitrogens is 1. The molecule has 0 aliphatic carbocycles. The Hall–Kier alpha value is -3.81. The van der Waals surface area contributed by atoms with Gasteiger partial charge in [0.1, 0.15) is 11.9 Å². The van der Waals surface area contributed by atoms with Gasteiger partial charge in [-0.15, -0.1) is 0 Å². The quantitative estimate of drug-likeness (QED) is 0.399. The zero-order valence-electron chi connectivity index (χ0n) is 22.1. The second-order valence-electron chi connectivity index (χ2n) is 9.49. The van der Waals surface area contributed by atoms with E-state index in [2.05, 4.69) is 6.20 Å². The molecular formula is C29H34N2O6. The molecule has 0 bridgehead atoms. The molecule has 1 fully saturated rings. The van der Waals surface area contributed by atoms with Gasteiger partial charge in [0.05, 0.1) is 25.7 Å². The molecule has 8 heteroatoms. The number of nitrogens with zero attached hydrogens (tertiary/aromatic N) is 2. The lowest BCUT2D eigenvalue weighted by Gasteiger charge is -2.23. The van der Waals surface area contributed by atoms with Crippen molar-refractivity contribution in [3.8, 4) is 5.75 Å². The third-order valence-electron chi connectivity index (χ3n) is 7.00. The average molecular weight is 507 g/mol. The first kappa shape index (κ1) is 26.3. The number of methoxy groups -OCH3 is 2. The molecule has 0 radical (unpaired) electrons. The minimum absolute atomic E-state index is 0.0388. The van der Waals surface area contributed by atoms with E-state index in [9.17, 15) is 14.4 Å². The largest absolute Gasteiger partial charge is 0.496 e. The number of aryl methyl sites for hydroxylation is 1. The Kier molecular flexibility index (Phi) is 7.86. The molecule has 8 nitrogen and oxygen atoms in total. The highest BCUT2D eigenvalue weighted by molar-refractivity contribution is 5.90. The molecule has 2 heterocycles. The lowest BCUT2D eigenvalue weighted by atomic mass is 9.92. The van der Waals surface area contributed by atoms with Gasteiger partial charge in [-0.25, -0.2) is 4.79 Å². The molecule has 3 aromatic rings. The van der Waals surface area contributed by atoms with Gasteiger partial charge in [-0.3, -0.25) is 9.59 Å². The first-order valence-electron chi connectivity index (χ1n) is 12.6. The van der Waals surface area contributed by atoms with Gasteiger partial charge in [-0.1, -0.05) is 19.1 Å². The fourth-order valence-corrected chi connectivity index (χ4v) is 5.25. The smallest absolute Gasteiger partial charge is 0.337 e. The Morgan fingerprint density at radius 1 is 1.11 bits per heavy atom. The molecule has 37 heavy (non-hydrogen) atoms. The standard InChI is InChI=1S/C29H34N2O6/c1-6-12-31-13-11-23(28(31)33)27(37-18(2)32)20-9-10-25-24(15-20)22(17-30(25)3)14-19-7-8-21(29(34)36-5)16-26(19)35-4/h7-10,15-17,23,27H,6,11-14H2,1-5H3. The van der Waals surface area contributed by atoms with Crippen molar-refractivity contribution in [3.05, 3.63) is 64.8 Å². The van der Waals surface area contributed by atoms with Crippen molar-refractivity contribution in [3.63, 3.8) is 0 Å². The third kappa shape index (κ3) is 5.33. The van der Waals surface area contributed by atoms with Crippen LogP contribution in [0.5, 0.6) is 5.75 Å². The highest BCUT2D eigenvalue weighted by Gasteiger charge is 2.39. The molecule has 1 amide bonds. The monoisotopic (exact) mass is 506 g/mol. The van der Waals surface area contributed by atoms with Crippen LogP contribution in [0.25, 0.3) is 10.9 Å². The van der Waals surface area contributed by atoms with E-state index in [1.807, 2.05) is 47.7 Å². The topological polar surface area (TPSA) is 87.1 Å². The van der Waals surface area contributed by atoms with Crippen LogP contribution in [0.15, 0.2) is 42.6 Å². The summed E-state index contributed by atoms with van der Waals surface area (Å²) in [5, 5.41) is 1.01. The van der Waals surface area contributed by atoms with Crippen LogP contribution >= 0.6 is 0 Å². The maximum Gasteiger partial charge on any atom is 0.337 e. The number of carbonyl (C=O) groups is 3. The molecule has 0 N–H and O–H groups in total. The van der Waals surface area contributed by atoms with Gasteiger partial charge in [-0.2, -0.15) is 0 Å². The summed E-state index contributed by atoms with van der Waals surface area (Å²) in [6.07, 6.45) is 3.53. The summed E-state index contributed by atoms with van der Waals surface area (Å²) in [7, 11) is 4.90. The van der Waals surface area contributed by atoms with Crippen LogP contribution in [-0.4, -0.2) is 54.6 Å². The molecule has 1 aliphatic heterocycles. The summed E-state index contributed by atoms with van der Waals surface area (Å²) in [6.45, 7) is 4.82. The molecule has 1 aromatic heterocycles. The lowest BCUT2D eigenvalue weighted by Crippen LogP contribution is -2.31. The number of fused-ring (bicyclic) bond motifs is 1. The fourth-order valence-electron chi connectivity index (χ4n) is 5.25. The van der Waals surface area contributed by atoms with Gasteiger partial charge in [0.15, 0.2) is 0 Å². The maximum absolute atomic E-state index is 13.1. The summed E-state index contributed by atoms with van der Waals surface area (Å²) in [5.74, 6) is -0.588. The molecule has 0 saturated carbocycles. The molecular weight excluding hydrogens is 472 g/mol. The minimum atomic E-state index is -0.641. The van der Waals surface area contributed by atoms with Crippen molar-refractivity contribution >= 4 is 28.7 Å². The van der Waals surface area contributed by atoms with Crippen molar-refractivity contribution < 1.29 is 28.6 Å². The summed E-state index contributed by atoms with van der Waals surface area (Å²) in [5.41, 5.74) is 4.22. The number of amides is 1. The predicted molar refractivity (Wildman–Crippen MR) is 140 cm³/mol. The number of esters is 2. The number of ether oxygens (including phenoxy) is 3. The molecule has 196 valence electrons. The zero-order chi connectivity index (χ0) is 26.7. The van der Waals surface area contributed by atoms with Gasteiger partial charge in [0, 0.05) is 50.6 Å². The van der Waals surface area contributed by atoms with Gasteiger partial charge < -0.3 is 23.7 Å². The number of hydrogen-bond acceptors (Lipinski definition) is 6. The Balaban J connectivity index is 1.71. The molecule has 2 atom stereocenters. The van der Waals surface area contributed by atoms with Crippen LogP contribution in [-0.2, 0) is 32.5 Å². The summed E-state index contributed by atoms with van der Waals surface area (Å²) in [4.78, 5) is 39.0. The van der Waals surface area contributed by atoms with Gasteiger partial charge in [0.25, 0.3) is 0 Å². The van der Waals surface area contributed by atoms with Crippen LogP contribution in [0.1, 0.15) is 59.8 Å². The molecule has 0 spiro atoms. The maximum atomic E-state index is 13.1. The molecule has 1 aliphatic rings. The van der Waals surface area contributed by atoms with Gasteiger partial charge >= 0.3 is 11.9 Å². The van der Waals surface area contributed by atoms with Gasteiger partial charge in [0.2, 0.25) is 5.91 Å². The number of carbonyl (C=O) groups excluding carboxylic acids is 3. The van der Waals surface area contributed by atoms with E-state index < -0.39 is 24.0 Å². The van der Waals surface area contributed by atoms with Crippen molar-refractivity contribution in [2.45, 2.75) is 39.2 Å². The number of likely N-dealkylation sites (tertiary alicyclic amines) is 1. The van der Waals surface area contributed by atoms with Crippen LogP contribution < -0.4 is 4.74 Å². The van der Waals surface area contributed by atoms with Crippen LogP contribution in [0.3, 0.4) is 0 Å². The number of benzene rings is 2. The van der Waals surface area contributed by atoms with E-state index in [0.717, 1.165) is 34.0 Å². The van der Waals surface area contributed by atoms with Crippen molar-refractivity contribution in [1.82, 2.24) is 9.47 Å². The highest BCUT2D eigenvalue weighted by atomic mass is 16.5. The van der Waals surface area contributed by atoms with E-state index in [4.69, 9.17) is 14.2 Å².